The highest BCUT2D eigenvalue weighted by atomic mass is 32.2. The van der Waals surface area contributed by atoms with E-state index in [1.807, 2.05) is 0 Å². The predicted molar refractivity (Wildman–Crippen MR) is 60.3 cm³/mol. The molecule has 4 heteroatoms. The van der Waals surface area contributed by atoms with Gasteiger partial charge < -0.3 is 4.74 Å². The third kappa shape index (κ3) is 2.49. The minimum Gasteiger partial charge on any atom is -0.378 e. The van der Waals surface area contributed by atoms with Crippen LogP contribution < -0.4 is 0 Å². The Morgan fingerprint density at radius 3 is 2.53 bits per heavy atom. The maximum atomic E-state index is 5.82. The molecule has 0 radical (unpaired) electrons. The monoisotopic (exact) mass is 232 g/mol. The van der Waals surface area contributed by atoms with E-state index in [0.29, 0.717) is 17.9 Å². The Bertz CT molecular complexity index is 210. The van der Waals surface area contributed by atoms with Crippen molar-refractivity contribution in [2.75, 3.05) is 6.61 Å². The van der Waals surface area contributed by atoms with Crippen LogP contribution in [0, 0.1) is 11.8 Å². The first kappa shape index (κ1) is 11.7. The topological polar surface area (TPSA) is 27.7 Å². The van der Waals surface area contributed by atoms with Crippen LogP contribution in [-0.2, 0) is 13.1 Å². The van der Waals surface area contributed by atoms with Crippen molar-refractivity contribution in [1.29, 1.82) is 0 Å². The van der Waals surface area contributed by atoms with Crippen molar-refractivity contribution in [2.45, 2.75) is 51.9 Å². The maximum absolute atomic E-state index is 5.82. The standard InChI is InChI=1S/C11H20O3S/c1-4-12-9-6-11-10(13-15-14-11)5-8(9)7(2)3/h7-11H,4-6H2,1-3H3. The van der Waals surface area contributed by atoms with E-state index in [1.54, 1.807) is 0 Å². The Morgan fingerprint density at radius 2 is 1.93 bits per heavy atom. The first-order chi connectivity index (χ1) is 7.22. The van der Waals surface area contributed by atoms with Crippen LogP contribution in [0.1, 0.15) is 33.6 Å². The molecule has 3 nitrogen and oxygen atoms in total. The van der Waals surface area contributed by atoms with Gasteiger partial charge >= 0.3 is 0 Å². The summed E-state index contributed by atoms with van der Waals surface area (Å²) in [4.78, 5) is 0. The van der Waals surface area contributed by atoms with Gasteiger partial charge in [0, 0.05) is 13.0 Å². The summed E-state index contributed by atoms with van der Waals surface area (Å²) in [6.07, 6.45) is 2.91. The van der Waals surface area contributed by atoms with Crippen molar-refractivity contribution >= 4 is 12.3 Å². The van der Waals surface area contributed by atoms with Gasteiger partial charge in [-0.2, -0.15) is 0 Å². The lowest BCUT2D eigenvalue weighted by Crippen LogP contribution is -2.43. The van der Waals surface area contributed by atoms with Gasteiger partial charge in [-0.25, -0.2) is 0 Å². The fraction of sp³-hybridized carbons (Fsp3) is 1.00. The van der Waals surface area contributed by atoms with Crippen LogP contribution in [0.5, 0.6) is 0 Å². The molecule has 4 unspecified atom stereocenters. The summed E-state index contributed by atoms with van der Waals surface area (Å²) in [5.74, 6) is 1.25. The highest BCUT2D eigenvalue weighted by Gasteiger charge is 2.43. The molecule has 2 fully saturated rings. The maximum Gasteiger partial charge on any atom is 0.159 e. The van der Waals surface area contributed by atoms with E-state index in [2.05, 4.69) is 20.8 Å². The second kappa shape index (κ2) is 5.04. The summed E-state index contributed by atoms with van der Waals surface area (Å²) in [5, 5.41) is 0. The molecular weight excluding hydrogens is 212 g/mol. The molecular formula is C11H20O3S. The van der Waals surface area contributed by atoms with Gasteiger partial charge in [0.15, 0.2) is 12.3 Å². The van der Waals surface area contributed by atoms with Gasteiger partial charge in [-0.15, -0.1) is 0 Å². The minimum atomic E-state index is 0.238. The zero-order chi connectivity index (χ0) is 10.8. The minimum absolute atomic E-state index is 0.238. The fourth-order valence-electron chi connectivity index (χ4n) is 2.56. The lowest BCUT2D eigenvalue weighted by molar-refractivity contribution is -0.0685. The Balaban J connectivity index is 2.01. The molecule has 2 rings (SSSR count). The summed E-state index contributed by atoms with van der Waals surface area (Å²) in [5.41, 5.74) is 0. The van der Waals surface area contributed by atoms with Crippen LogP contribution in [0.25, 0.3) is 0 Å². The molecule has 1 saturated heterocycles. The highest BCUT2D eigenvalue weighted by molar-refractivity contribution is 7.90. The average molecular weight is 232 g/mol. The van der Waals surface area contributed by atoms with Gasteiger partial charge in [0.2, 0.25) is 0 Å². The zero-order valence-corrected chi connectivity index (χ0v) is 10.5. The highest BCUT2D eigenvalue weighted by Crippen LogP contribution is 2.41. The normalized spacial score (nSPS) is 40.8. The van der Waals surface area contributed by atoms with Crippen LogP contribution in [0.3, 0.4) is 0 Å². The van der Waals surface area contributed by atoms with Crippen molar-refractivity contribution in [3.63, 3.8) is 0 Å². The molecule has 0 spiro atoms. The van der Waals surface area contributed by atoms with E-state index in [4.69, 9.17) is 13.1 Å². The van der Waals surface area contributed by atoms with E-state index >= 15 is 0 Å². The second-order valence-corrected chi connectivity index (χ2v) is 5.23. The molecule has 0 aromatic rings. The number of fused-ring (bicyclic) bond motifs is 1. The first-order valence-corrected chi connectivity index (χ1v) is 6.49. The van der Waals surface area contributed by atoms with Crippen molar-refractivity contribution in [3.05, 3.63) is 0 Å². The van der Waals surface area contributed by atoms with Crippen LogP contribution in [0.4, 0.5) is 0 Å². The SMILES string of the molecule is CCOC1CC2OSOC2CC1C(C)C. The van der Waals surface area contributed by atoms with E-state index in [-0.39, 0.29) is 12.2 Å². The molecule has 2 aliphatic rings. The Morgan fingerprint density at radius 1 is 1.27 bits per heavy atom. The Kier molecular flexibility index (Phi) is 3.93. The predicted octanol–water partition coefficient (Wildman–Crippen LogP) is 2.80. The van der Waals surface area contributed by atoms with Crippen LogP contribution in [0.15, 0.2) is 0 Å². The first-order valence-electron chi connectivity index (χ1n) is 5.82. The molecule has 1 heterocycles. The largest absolute Gasteiger partial charge is 0.378 e. The summed E-state index contributed by atoms with van der Waals surface area (Å²) < 4.78 is 16.8. The van der Waals surface area contributed by atoms with Gasteiger partial charge in [-0.1, -0.05) is 13.8 Å². The molecule has 0 amide bonds. The van der Waals surface area contributed by atoms with Crippen LogP contribution in [-0.4, -0.2) is 24.9 Å². The number of hydrogen-bond acceptors (Lipinski definition) is 4. The molecule has 0 N–H and O–H groups in total. The fourth-order valence-corrected chi connectivity index (χ4v) is 3.21. The summed E-state index contributed by atoms with van der Waals surface area (Å²) in [7, 11) is 0. The van der Waals surface area contributed by atoms with Gasteiger partial charge in [-0.05, 0) is 25.2 Å². The van der Waals surface area contributed by atoms with Crippen molar-refractivity contribution < 1.29 is 13.1 Å². The number of rotatable bonds is 3. The number of ether oxygens (including phenoxy) is 1. The molecule has 0 aromatic carbocycles. The number of hydrogen-bond donors (Lipinski definition) is 0. The third-order valence-electron chi connectivity index (χ3n) is 3.42. The van der Waals surface area contributed by atoms with Crippen molar-refractivity contribution in [3.8, 4) is 0 Å². The van der Waals surface area contributed by atoms with Gasteiger partial charge in [0.25, 0.3) is 0 Å². The second-order valence-electron chi connectivity index (χ2n) is 4.71. The van der Waals surface area contributed by atoms with E-state index in [1.165, 1.54) is 0 Å². The molecule has 1 aliphatic carbocycles. The molecule has 4 atom stereocenters. The smallest absolute Gasteiger partial charge is 0.159 e. The Hall–Kier alpha value is 0.230. The van der Waals surface area contributed by atoms with Crippen LogP contribution >= 0.6 is 12.3 Å². The molecule has 15 heavy (non-hydrogen) atoms. The third-order valence-corrected chi connectivity index (χ3v) is 4.08. The van der Waals surface area contributed by atoms with E-state index in [9.17, 15) is 0 Å². The zero-order valence-electron chi connectivity index (χ0n) is 9.64. The quantitative estimate of drug-likeness (QED) is 0.699. The molecule has 1 saturated carbocycles. The summed E-state index contributed by atoms with van der Waals surface area (Å²) in [6.45, 7) is 7.38. The Labute approximate surface area is 96.3 Å². The lowest BCUT2D eigenvalue weighted by Gasteiger charge is -2.38. The van der Waals surface area contributed by atoms with Crippen LogP contribution in [0.2, 0.25) is 0 Å². The van der Waals surface area contributed by atoms with Gasteiger partial charge in [0.1, 0.15) is 12.2 Å². The van der Waals surface area contributed by atoms with Crippen molar-refractivity contribution in [1.82, 2.24) is 0 Å². The molecule has 88 valence electrons. The van der Waals surface area contributed by atoms with Crippen molar-refractivity contribution in [2.24, 2.45) is 11.8 Å². The van der Waals surface area contributed by atoms with E-state index in [0.717, 1.165) is 31.8 Å². The summed E-state index contributed by atoms with van der Waals surface area (Å²) in [6, 6.07) is 0. The lowest BCUT2D eigenvalue weighted by atomic mass is 9.77. The van der Waals surface area contributed by atoms with E-state index < -0.39 is 0 Å². The summed E-state index contributed by atoms with van der Waals surface area (Å²) >= 11 is 1.16. The molecule has 0 bridgehead atoms. The molecule has 0 aromatic heterocycles. The molecule has 1 aliphatic heterocycles. The average Bonchev–Trinajstić information content (AvgIpc) is 2.63. The van der Waals surface area contributed by atoms with Gasteiger partial charge in [0.05, 0.1) is 6.10 Å². The van der Waals surface area contributed by atoms with Gasteiger partial charge in [-0.3, -0.25) is 8.37 Å².